The van der Waals surface area contributed by atoms with Gasteiger partial charge in [0.2, 0.25) is 0 Å². The highest BCUT2D eigenvalue weighted by Crippen LogP contribution is 2.27. The molecule has 0 fully saturated rings. The summed E-state index contributed by atoms with van der Waals surface area (Å²) in [6.07, 6.45) is 7.84. The summed E-state index contributed by atoms with van der Waals surface area (Å²) >= 11 is 0. The van der Waals surface area contributed by atoms with Crippen LogP contribution in [0.25, 0.3) is 11.3 Å². The highest BCUT2D eigenvalue weighted by atomic mass is 19.1. The lowest BCUT2D eigenvalue weighted by Crippen LogP contribution is -2.25. The first-order valence-corrected chi connectivity index (χ1v) is 8.34. The average molecular weight is 328 g/mol. The van der Waals surface area contributed by atoms with Crippen molar-refractivity contribution in [3.05, 3.63) is 53.1 Å². The molecule has 0 atom stereocenters. The van der Waals surface area contributed by atoms with Gasteiger partial charge in [0, 0.05) is 12.1 Å². The zero-order valence-electron chi connectivity index (χ0n) is 13.8. The molecule has 126 valence electrons. The molecule has 0 aliphatic heterocycles. The molecular formula is C19H21FN2O2. The van der Waals surface area contributed by atoms with E-state index in [1.54, 1.807) is 25.1 Å². The molecule has 1 heterocycles. The summed E-state index contributed by atoms with van der Waals surface area (Å²) in [5, 5.41) is 6.78. The minimum atomic E-state index is -0.424. The van der Waals surface area contributed by atoms with Gasteiger partial charge < -0.3 is 9.84 Å². The SMILES string of the molecule is Cc1onc(-c2ccccc2F)c1C(=O)NCCC1=CCCCC1. The van der Waals surface area contributed by atoms with E-state index in [1.165, 1.54) is 24.5 Å². The number of hydrogen-bond acceptors (Lipinski definition) is 3. The number of halogens is 1. The second-order valence-corrected chi connectivity index (χ2v) is 6.06. The molecule has 0 unspecified atom stereocenters. The number of aromatic nitrogens is 1. The van der Waals surface area contributed by atoms with E-state index < -0.39 is 5.82 Å². The molecule has 24 heavy (non-hydrogen) atoms. The van der Waals surface area contributed by atoms with Gasteiger partial charge in [-0.15, -0.1) is 0 Å². The topological polar surface area (TPSA) is 55.1 Å². The largest absolute Gasteiger partial charge is 0.360 e. The van der Waals surface area contributed by atoms with Crippen LogP contribution in [0, 0.1) is 12.7 Å². The first kappa shape index (κ1) is 16.4. The van der Waals surface area contributed by atoms with E-state index in [1.807, 2.05) is 0 Å². The van der Waals surface area contributed by atoms with Crippen LogP contribution in [-0.2, 0) is 0 Å². The van der Waals surface area contributed by atoms with Gasteiger partial charge in [0.05, 0.1) is 0 Å². The molecular weight excluding hydrogens is 307 g/mol. The van der Waals surface area contributed by atoms with Crippen LogP contribution in [-0.4, -0.2) is 17.6 Å². The minimum Gasteiger partial charge on any atom is -0.360 e. The van der Waals surface area contributed by atoms with Crippen molar-refractivity contribution in [3.63, 3.8) is 0 Å². The summed E-state index contributed by atoms with van der Waals surface area (Å²) in [5.74, 6) is -0.307. The van der Waals surface area contributed by atoms with Gasteiger partial charge in [0.1, 0.15) is 22.8 Å². The zero-order chi connectivity index (χ0) is 16.9. The Morgan fingerprint density at radius 3 is 2.92 bits per heavy atom. The first-order chi connectivity index (χ1) is 11.7. The number of benzene rings is 1. The lowest BCUT2D eigenvalue weighted by atomic mass is 9.97. The van der Waals surface area contributed by atoms with E-state index in [2.05, 4.69) is 16.5 Å². The summed E-state index contributed by atoms with van der Waals surface area (Å²) in [4.78, 5) is 12.5. The smallest absolute Gasteiger partial charge is 0.257 e. The molecule has 1 N–H and O–H groups in total. The summed E-state index contributed by atoms with van der Waals surface area (Å²) in [5.41, 5.74) is 2.23. The molecule has 1 aromatic heterocycles. The number of carbonyl (C=O) groups is 1. The van der Waals surface area contributed by atoms with E-state index in [0.29, 0.717) is 17.9 Å². The molecule has 4 nitrogen and oxygen atoms in total. The van der Waals surface area contributed by atoms with Crippen LogP contribution in [0.4, 0.5) is 4.39 Å². The summed E-state index contributed by atoms with van der Waals surface area (Å²) in [6, 6.07) is 6.25. The van der Waals surface area contributed by atoms with Crippen molar-refractivity contribution in [3.8, 4) is 11.3 Å². The highest BCUT2D eigenvalue weighted by molar-refractivity contribution is 6.00. The number of rotatable bonds is 5. The van der Waals surface area contributed by atoms with E-state index in [4.69, 9.17) is 4.52 Å². The molecule has 2 aromatic rings. The monoisotopic (exact) mass is 328 g/mol. The van der Waals surface area contributed by atoms with Gasteiger partial charge in [-0.3, -0.25) is 4.79 Å². The fourth-order valence-corrected chi connectivity index (χ4v) is 3.03. The molecule has 1 amide bonds. The van der Waals surface area contributed by atoms with Gasteiger partial charge >= 0.3 is 0 Å². The second-order valence-electron chi connectivity index (χ2n) is 6.06. The van der Waals surface area contributed by atoms with E-state index in [-0.39, 0.29) is 17.2 Å². The fourth-order valence-electron chi connectivity index (χ4n) is 3.03. The number of amides is 1. The molecule has 1 aliphatic rings. The van der Waals surface area contributed by atoms with Crippen molar-refractivity contribution in [2.75, 3.05) is 6.54 Å². The van der Waals surface area contributed by atoms with Crippen LogP contribution in [0.15, 0.2) is 40.4 Å². The highest BCUT2D eigenvalue weighted by Gasteiger charge is 2.23. The maximum Gasteiger partial charge on any atom is 0.257 e. The summed E-state index contributed by atoms with van der Waals surface area (Å²) in [6.45, 7) is 2.22. The van der Waals surface area contributed by atoms with Gasteiger partial charge in [0.25, 0.3) is 5.91 Å². The molecule has 0 radical (unpaired) electrons. The van der Waals surface area contributed by atoms with E-state index >= 15 is 0 Å². The van der Waals surface area contributed by atoms with Crippen molar-refractivity contribution in [1.29, 1.82) is 0 Å². The van der Waals surface area contributed by atoms with Gasteiger partial charge in [-0.25, -0.2) is 4.39 Å². The predicted octanol–water partition coefficient (Wildman–Crippen LogP) is 4.41. The zero-order valence-corrected chi connectivity index (χ0v) is 13.8. The number of nitrogens with one attached hydrogen (secondary N) is 1. The molecule has 5 heteroatoms. The fraction of sp³-hybridized carbons (Fsp3) is 0.368. The standard InChI is InChI=1S/C19H21FN2O2/c1-13-17(18(22-24-13)15-9-5-6-10-16(15)20)19(23)21-12-11-14-7-3-2-4-8-14/h5-7,9-10H,2-4,8,11-12H2,1H3,(H,21,23). The average Bonchev–Trinajstić information content (AvgIpc) is 2.97. The Hall–Kier alpha value is -2.43. The van der Waals surface area contributed by atoms with Crippen molar-refractivity contribution < 1.29 is 13.7 Å². The second kappa shape index (κ2) is 7.43. The quantitative estimate of drug-likeness (QED) is 0.827. The van der Waals surface area contributed by atoms with Gasteiger partial charge in [-0.2, -0.15) is 0 Å². The Labute approximate surface area is 140 Å². The molecule has 1 aliphatic carbocycles. The molecule has 0 saturated carbocycles. The maximum atomic E-state index is 14.0. The van der Waals surface area contributed by atoms with Crippen LogP contribution in [0.1, 0.15) is 48.2 Å². The number of carbonyl (C=O) groups excluding carboxylic acids is 1. The van der Waals surface area contributed by atoms with Crippen LogP contribution in [0.5, 0.6) is 0 Å². The number of hydrogen-bond donors (Lipinski definition) is 1. The molecule has 3 rings (SSSR count). The Morgan fingerprint density at radius 1 is 1.33 bits per heavy atom. The third-order valence-corrected chi connectivity index (χ3v) is 4.34. The van der Waals surface area contributed by atoms with Crippen LogP contribution in [0.2, 0.25) is 0 Å². The third kappa shape index (κ3) is 3.55. The summed E-state index contributed by atoms with van der Waals surface area (Å²) in [7, 11) is 0. The third-order valence-electron chi connectivity index (χ3n) is 4.34. The molecule has 0 saturated heterocycles. The van der Waals surface area contributed by atoms with Gasteiger partial charge in [-0.1, -0.05) is 28.9 Å². The lowest BCUT2D eigenvalue weighted by molar-refractivity contribution is 0.0953. The van der Waals surface area contributed by atoms with Crippen molar-refractivity contribution in [1.82, 2.24) is 10.5 Å². The minimum absolute atomic E-state index is 0.250. The van der Waals surface area contributed by atoms with Gasteiger partial charge in [0.15, 0.2) is 0 Å². The molecule has 1 aromatic carbocycles. The number of allylic oxidation sites excluding steroid dienone is 1. The van der Waals surface area contributed by atoms with Gasteiger partial charge in [-0.05, 0) is 51.2 Å². The lowest BCUT2D eigenvalue weighted by Gasteiger charge is -2.13. The van der Waals surface area contributed by atoms with E-state index in [0.717, 1.165) is 19.3 Å². The Balaban J connectivity index is 1.72. The number of aryl methyl sites for hydroxylation is 1. The van der Waals surface area contributed by atoms with Crippen molar-refractivity contribution in [2.45, 2.75) is 39.0 Å². The van der Waals surface area contributed by atoms with Crippen LogP contribution in [0.3, 0.4) is 0 Å². The Morgan fingerprint density at radius 2 is 2.17 bits per heavy atom. The Bertz CT molecular complexity index is 764. The number of nitrogens with zero attached hydrogens (tertiary/aromatic N) is 1. The maximum absolute atomic E-state index is 14.0. The predicted molar refractivity (Wildman–Crippen MR) is 90.1 cm³/mol. The summed E-state index contributed by atoms with van der Waals surface area (Å²) < 4.78 is 19.1. The first-order valence-electron chi connectivity index (χ1n) is 8.34. The normalized spacial score (nSPS) is 14.3. The molecule has 0 spiro atoms. The van der Waals surface area contributed by atoms with Crippen LogP contribution < -0.4 is 5.32 Å². The van der Waals surface area contributed by atoms with Crippen molar-refractivity contribution >= 4 is 5.91 Å². The molecule has 0 bridgehead atoms. The van der Waals surface area contributed by atoms with Crippen molar-refractivity contribution in [2.24, 2.45) is 0 Å². The van der Waals surface area contributed by atoms with Crippen LogP contribution >= 0.6 is 0 Å². The Kier molecular flexibility index (Phi) is 5.08. The van der Waals surface area contributed by atoms with E-state index in [9.17, 15) is 9.18 Å².